The smallest absolute Gasteiger partial charge is 0.341 e. The highest BCUT2D eigenvalue weighted by Gasteiger charge is 2.30. The Morgan fingerprint density at radius 2 is 2.07 bits per heavy atom. The molecule has 5 heteroatoms. The van der Waals surface area contributed by atoms with Gasteiger partial charge >= 0.3 is 6.18 Å². The fourth-order valence-electron chi connectivity index (χ4n) is 1.23. The van der Waals surface area contributed by atoms with Gasteiger partial charge in [0, 0.05) is 11.8 Å². The molecule has 0 amide bonds. The number of benzene rings is 1. The average Bonchev–Trinajstić information content (AvgIpc) is 2.69. The van der Waals surface area contributed by atoms with E-state index in [1.165, 1.54) is 12.3 Å². The van der Waals surface area contributed by atoms with E-state index in [0.717, 1.165) is 12.1 Å². The monoisotopic (exact) mass is 211 g/mol. The van der Waals surface area contributed by atoms with E-state index in [0.29, 0.717) is 11.3 Å². The van der Waals surface area contributed by atoms with Crippen LogP contribution in [0.15, 0.2) is 30.5 Å². The molecular formula is C10H6F3N2. The van der Waals surface area contributed by atoms with Gasteiger partial charge in [-0.25, -0.2) is 4.98 Å². The first-order valence-corrected chi connectivity index (χ1v) is 4.16. The van der Waals surface area contributed by atoms with Crippen LogP contribution in [0.2, 0.25) is 0 Å². The van der Waals surface area contributed by atoms with E-state index < -0.39 is 11.7 Å². The van der Waals surface area contributed by atoms with Crippen LogP contribution in [0.3, 0.4) is 0 Å². The van der Waals surface area contributed by atoms with E-state index in [1.54, 1.807) is 6.07 Å². The molecule has 77 valence electrons. The number of H-pyrrole nitrogens is 1. The highest BCUT2D eigenvalue weighted by Crippen LogP contribution is 2.31. The normalized spacial score (nSPS) is 11.7. The first kappa shape index (κ1) is 9.76. The lowest BCUT2D eigenvalue weighted by atomic mass is 10.1. The number of rotatable bonds is 1. The van der Waals surface area contributed by atoms with E-state index >= 15 is 0 Å². The SMILES string of the molecule is FC(F)(F)c1cccc(-c2c[nH][c]n2)c1. The van der Waals surface area contributed by atoms with Crippen LogP contribution in [0.1, 0.15) is 5.56 Å². The van der Waals surface area contributed by atoms with E-state index in [-0.39, 0.29) is 0 Å². The highest BCUT2D eigenvalue weighted by atomic mass is 19.4. The fourth-order valence-corrected chi connectivity index (χ4v) is 1.23. The zero-order chi connectivity index (χ0) is 10.9. The lowest BCUT2D eigenvalue weighted by molar-refractivity contribution is -0.137. The summed E-state index contributed by atoms with van der Waals surface area (Å²) in [6.07, 6.45) is -0.398. The number of aromatic amines is 1. The van der Waals surface area contributed by atoms with Crippen molar-refractivity contribution in [3.8, 4) is 11.3 Å². The number of aromatic nitrogens is 2. The first-order chi connectivity index (χ1) is 7.07. The minimum Gasteiger partial charge on any atom is -0.341 e. The van der Waals surface area contributed by atoms with Crippen molar-refractivity contribution in [2.75, 3.05) is 0 Å². The fraction of sp³-hybridized carbons (Fsp3) is 0.100. The van der Waals surface area contributed by atoms with Gasteiger partial charge in [0.1, 0.15) is 0 Å². The molecule has 1 N–H and O–H groups in total. The molecule has 1 heterocycles. The van der Waals surface area contributed by atoms with Crippen molar-refractivity contribution in [1.29, 1.82) is 0 Å². The lowest BCUT2D eigenvalue weighted by Gasteiger charge is -2.07. The molecule has 2 nitrogen and oxygen atoms in total. The number of halogens is 3. The van der Waals surface area contributed by atoms with E-state index in [4.69, 9.17) is 0 Å². The van der Waals surface area contributed by atoms with Gasteiger partial charge in [0.25, 0.3) is 0 Å². The van der Waals surface area contributed by atoms with Crippen LogP contribution in [0.4, 0.5) is 13.2 Å². The van der Waals surface area contributed by atoms with Crippen molar-refractivity contribution >= 4 is 0 Å². The first-order valence-electron chi connectivity index (χ1n) is 4.16. The lowest BCUT2D eigenvalue weighted by Crippen LogP contribution is -2.04. The number of imidazole rings is 1. The molecule has 1 radical (unpaired) electrons. The Labute approximate surface area is 83.8 Å². The summed E-state index contributed by atoms with van der Waals surface area (Å²) in [6, 6.07) is 5.01. The predicted molar refractivity (Wildman–Crippen MR) is 47.9 cm³/mol. The Bertz CT molecular complexity index is 446. The molecule has 2 rings (SSSR count). The van der Waals surface area contributed by atoms with Crippen molar-refractivity contribution in [3.63, 3.8) is 0 Å². The molecule has 15 heavy (non-hydrogen) atoms. The van der Waals surface area contributed by atoms with Crippen LogP contribution < -0.4 is 0 Å². The Kier molecular flexibility index (Phi) is 2.22. The molecule has 1 aromatic carbocycles. The van der Waals surface area contributed by atoms with Gasteiger partial charge in [0.05, 0.1) is 11.3 Å². The summed E-state index contributed by atoms with van der Waals surface area (Å²) in [4.78, 5) is 6.33. The summed E-state index contributed by atoms with van der Waals surface area (Å²) in [5, 5.41) is 0. The minimum absolute atomic E-state index is 0.419. The number of alkyl halides is 3. The summed E-state index contributed by atoms with van der Waals surface area (Å²) in [6.45, 7) is 0. The Morgan fingerprint density at radius 1 is 1.27 bits per heavy atom. The molecule has 0 saturated heterocycles. The molecule has 1 aromatic heterocycles. The molecular weight excluding hydrogens is 205 g/mol. The zero-order valence-corrected chi connectivity index (χ0v) is 7.47. The third kappa shape index (κ3) is 2.01. The molecule has 0 fully saturated rings. The molecule has 0 aliphatic rings. The van der Waals surface area contributed by atoms with Gasteiger partial charge in [-0.3, -0.25) is 0 Å². The van der Waals surface area contributed by atoms with Crippen molar-refractivity contribution in [1.82, 2.24) is 9.97 Å². The van der Waals surface area contributed by atoms with Crippen molar-refractivity contribution in [3.05, 3.63) is 42.4 Å². The summed E-state index contributed by atoms with van der Waals surface area (Å²) >= 11 is 0. The summed E-state index contributed by atoms with van der Waals surface area (Å²) in [5.41, 5.74) is 0.187. The molecule has 0 unspecified atom stereocenters. The average molecular weight is 211 g/mol. The van der Waals surface area contributed by atoms with Gasteiger partial charge in [0.15, 0.2) is 6.33 Å². The van der Waals surface area contributed by atoms with Crippen LogP contribution in [0, 0.1) is 6.33 Å². The number of nitrogens with one attached hydrogen (secondary N) is 1. The van der Waals surface area contributed by atoms with Crippen LogP contribution in [0.25, 0.3) is 11.3 Å². The van der Waals surface area contributed by atoms with Crippen molar-refractivity contribution in [2.24, 2.45) is 0 Å². The molecule has 0 spiro atoms. The second-order valence-corrected chi connectivity index (χ2v) is 2.98. The maximum absolute atomic E-state index is 12.4. The highest BCUT2D eigenvalue weighted by molar-refractivity contribution is 5.59. The van der Waals surface area contributed by atoms with E-state index in [9.17, 15) is 13.2 Å². The third-order valence-corrected chi connectivity index (χ3v) is 1.94. The molecule has 0 aliphatic heterocycles. The van der Waals surface area contributed by atoms with E-state index in [2.05, 4.69) is 16.3 Å². The second kappa shape index (κ2) is 3.42. The Hall–Kier alpha value is -1.78. The van der Waals surface area contributed by atoms with Crippen molar-refractivity contribution in [2.45, 2.75) is 6.18 Å². The maximum Gasteiger partial charge on any atom is 0.416 e. The molecule has 0 atom stereocenters. The summed E-state index contributed by atoms with van der Waals surface area (Å²) in [5.74, 6) is 0. The summed E-state index contributed by atoms with van der Waals surface area (Å²) in [7, 11) is 0. The van der Waals surface area contributed by atoms with Gasteiger partial charge in [-0.05, 0) is 12.1 Å². The number of hydrogen-bond acceptors (Lipinski definition) is 1. The molecule has 0 bridgehead atoms. The van der Waals surface area contributed by atoms with Gasteiger partial charge in [-0.2, -0.15) is 13.2 Å². The summed E-state index contributed by atoms with van der Waals surface area (Å²) < 4.78 is 37.1. The van der Waals surface area contributed by atoms with Crippen LogP contribution in [-0.4, -0.2) is 9.97 Å². The maximum atomic E-state index is 12.4. The predicted octanol–water partition coefficient (Wildman–Crippen LogP) is 2.90. The quantitative estimate of drug-likeness (QED) is 0.771. The van der Waals surface area contributed by atoms with Crippen LogP contribution in [0.5, 0.6) is 0 Å². The standard InChI is InChI=1S/C10H6F3N2/c11-10(12,13)8-3-1-2-7(4-8)9-5-14-6-15-9/h1-5H,(H,14,15). The van der Waals surface area contributed by atoms with E-state index in [1.807, 2.05) is 0 Å². The Balaban J connectivity index is 2.44. The van der Waals surface area contributed by atoms with Crippen LogP contribution in [-0.2, 0) is 6.18 Å². The van der Waals surface area contributed by atoms with Crippen LogP contribution >= 0.6 is 0 Å². The zero-order valence-electron chi connectivity index (χ0n) is 7.47. The largest absolute Gasteiger partial charge is 0.416 e. The Morgan fingerprint density at radius 3 is 2.67 bits per heavy atom. The molecule has 0 saturated carbocycles. The van der Waals surface area contributed by atoms with Crippen molar-refractivity contribution < 1.29 is 13.2 Å². The van der Waals surface area contributed by atoms with Gasteiger partial charge in [-0.1, -0.05) is 12.1 Å². The topological polar surface area (TPSA) is 28.7 Å². The molecule has 0 aliphatic carbocycles. The number of nitrogens with zero attached hydrogens (tertiary/aromatic N) is 1. The molecule has 2 aromatic rings. The number of hydrogen-bond donors (Lipinski definition) is 1. The second-order valence-electron chi connectivity index (χ2n) is 2.98. The minimum atomic E-state index is -4.32. The van der Waals surface area contributed by atoms with Gasteiger partial charge in [0.2, 0.25) is 0 Å². The van der Waals surface area contributed by atoms with Gasteiger partial charge < -0.3 is 4.98 Å². The van der Waals surface area contributed by atoms with Gasteiger partial charge in [-0.15, -0.1) is 0 Å². The third-order valence-electron chi connectivity index (χ3n) is 1.94.